The number of nitrogens with zero attached hydrogens (tertiary/aromatic N) is 3. The van der Waals surface area contributed by atoms with Crippen molar-refractivity contribution in [3.63, 3.8) is 0 Å². The van der Waals surface area contributed by atoms with Crippen LogP contribution in [0, 0.1) is 0 Å². The molecule has 0 spiro atoms. The molecule has 0 amide bonds. The number of benzene rings is 9. The van der Waals surface area contributed by atoms with Crippen molar-refractivity contribution in [2.24, 2.45) is 0 Å². The van der Waals surface area contributed by atoms with Crippen LogP contribution in [0.5, 0.6) is 0 Å². The molecule has 0 bridgehead atoms. The van der Waals surface area contributed by atoms with Crippen LogP contribution in [0.1, 0.15) is 0 Å². The predicted octanol–water partition coefficient (Wildman–Crippen LogP) is 15.3. The normalized spacial score (nSPS) is 11.4. The predicted molar refractivity (Wildman–Crippen MR) is 246 cm³/mol. The molecule has 0 saturated heterocycles. The molecular weight excluding hydrogens is 723 g/mol. The first kappa shape index (κ1) is 33.9. The monoisotopic (exact) mass is 757 g/mol. The summed E-state index contributed by atoms with van der Waals surface area (Å²) in [7, 11) is 0. The second-order valence-corrected chi connectivity index (χ2v) is 15.7. The summed E-state index contributed by atoms with van der Waals surface area (Å²) in [6.45, 7) is 0. The summed E-state index contributed by atoms with van der Waals surface area (Å²) < 4.78 is 2.54. The van der Waals surface area contributed by atoms with E-state index in [1.807, 2.05) is 11.3 Å². The molecule has 0 radical (unpaired) electrons. The summed E-state index contributed by atoms with van der Waals surface area (Å²) in [4.78, 5) is 12.8. The molecule has 0 saturated carbocycles. The Balaban J connectivity index is 1.01. The summed E-state index contributed by atoms with van der Waals surface area (Å²) in [5.74, 6) is 0.702. The van der Waals surface area contributed by atoms with Crippen molar-refractivity contribution in [3.8, 4) is 44.9 Å². The van der Waals surface area contributed by atoms with Crippen LogP contribution in [0.15, 0.2) is 212 Å². The average Bonchev–Trinajstić information content (AvgIpc) is 3.67. The minimum Gasteiger partial charge on any atom is -0.311 e. The maximum absolute atomic E-state index is 5.39. The summed E-state index contributed by atoms with van der Waals surface area (Å²) in [5, 5.41) is 6.04. The molecule has 0 N–H and O–H groups in total. The number of anilines is 3. The average molecular weight is 758 g/mol. The van der Waals surface area contributed by atoms with Gasteiger partial charge in [0.05, 0.1) is 11.2 Å². The molecule has 0 aliphatic rings. The second-order valence-electron chi connectivity index (χ2n) is 14.6. The van der Waals surface area contributed by atoms with Gasteiger partial charge in [-0.3, -0.25) is 0 Å². The molecule has 58 heavy (non-hydrogen) atoms. The second kappa shape index (κ2) is 14.3. The van der Waals surface area contributed by atoms with Crippen LogP contribution < -0.4 is 4.90 Å². The largest absolute Gasteiger partial charge is 0.311 e. The van der Waals surface area contributed by atoms with E-state index in [0.717, 1.165) is 44.8 Å². The summed E-state index contributed by atoms with van der Waals surface area (Å²) in [6.07, 6.45) is 0. The summed E-state index contributed by atoms with van der Waals surface area (Å²) >= 11 is 1.84. The van der Waals surface area contributed by atoms with Crippen molar-refractivity contribution in [1.82, 2.24) is 9.97 Å². The van der Waals surface area contributed by atoms with Crippen molar-refractivity contribution in [2.75, 3.05) is 4.90 Å². The highest BCUT2D eigenvalue weighted by molar-refractivity contribution is 7.26. The van der Waals surface area contributed by atoms with Crippen LogP contribution in [-0.2, 0) is 0 Å². The van der Waals surface area contributed by atoms with E-state index >= 15 is 0 Å². The van der Waals surface area contributed by atoms with Crippen LogP contribution in [0.3, 0.4) is 0 Å². The van der Waals surface area contributed by atoms with E-state index in [1.165, 1.54) is 53.2 Å². The molecule has 11 rings (SSSR count). The topological polar surface area (TPSA) is 29.0 Å². The lowest BCUT2D eigenvalue weighted by atomic mass is 9.99. The molecule has 2 aromatic heterocycles. The number of fused-ring (bicyclic) bond motifs is 5. The molecule has 0 unspecified atom stereocenters. The quantitative estimate of drug-likeness (QED) is 0.162. The van der Waals surface area contributed by atoms with Gasteiger partial charge in [0.25, 0.3) is 0 Å². The van der Waals surface area contributed by atoms with Gasteiger partial charge in [0, 0.05) is 53.7 Å². The van der Waals surface area contributed by atoms with Gasteiger partial charge in [-0.15, -0.1) is 11.3 Å². The number of rotatable bonds is 7. The molecular formula is C54H35N3S. The van der Waals surface area contributed by atoms with Gasteiger partial charge >= 0.3 is 0 Å². The smallest absolute Gasteiger partial charge is 0.160 e. The Kier molecular flexibility index (Phi) is 8.34. The fourth-order valence-electron chi connectivity index (χ4n) is 8.19. The number of thiophene rings is 1. The molecule has 0 aliphatic heterocycles. The van der Waals surface area contributed by atoms with Crippen LogP contribution in [-0.4, -0.2) is 9.97 Å². The van der Waals surface area contributed by atoms with Gasteiger partial charge in [0.15, 0.2) is 5.82 Å². The number of aromatic nitrogens is 2. The van der Waals surface area contributed by atoms with E-state index < -0.39 is 0 Å². The Morgan fingerprint density at radius 2 is 0.879 bits per heavy atom. The van der Waals surface area contributed by atoms with E-state index in [9.17, 15) is 0 Å². The highest BCUT2D eigenvalue weighted by Gasteiger charge is 2.19. The number of hydrogen-bond acceptors (Lipinski definition) is 4. The van der Waals surface area contributed by atoms with Gasteiger partial charge in [-0.2, -0.15) is 0 Å². The van der Waals surface area contributed by atoms with E-state index in [0.29, 0.717) is 5.82 Å². The first-order valence-electron chi connectivity index (χ1n) is 19.6. The minimum absolute atomic E-state index is 0.702. The van der Waals surface area contributed by atoms with E-state index in [1.54, 1.807) is 0 Å². The van der Waals surface area contributed by atoms with E-state index in [-0.39, 0.29) is 0 Å². The fourth-order valence-corrected chi connectivity index (χ4v) is 9.36. The highest BCUT2D eigenvalue weighted by atomic mass is 32.1. The highest BCUT2D eigenvalue weighted by Crippen LogP contribution is 2.43. The zero-order valence-electron chi connectivity index (χ0n) is 31.5. The minimum atomic E-state index is 0.702. The molecule has 0 aliphatic carbocycles. The van der Waals surface area contributed by atoms with Crippen molar-refractivity contribution < 1.29 is 0 Å². The molecule has 9 aromatic carbocycles. The maximum atomic E-state index is 5.39. The standard InChI is InChI=1S/C54H35N3S/c1-3-12-36(13-4-1)38-22-28-43(29-23-38)57(44-30-24-39(25-31-44)37-14-5-2-6-15-37)45-32-26-40(27-33-45)54-55-49-20-10-9-18-46(49)53(56-54)47-19-11-21-50-52(47)48-34-41-16-7-8-17-42(41)35-51(48)58-50/h1-35H. The van der Waals surface area contributed by atoms with Gasteiger partial charge < -0.3 is 4.90 Å². The van der Waals surface area contributed by atoms with Gasteiger partial charge in [-0.05, 0) is 106 Å². The fraction of sp³-hybridized carbons (Fsp3) is 0. The van der Waals surface area contributed by atoms with Gasteiger partial charge in [-0.25, -0.2) is 9.97 Å². The van der Waals surface area contributed by atoms with Crippen molar-refractivity contribution in [2.45, 2.75) is 0 Å². The SMILES string of the molecule is c1ccc(-c2ccc(N(c3ccc(-c4ccccc4)cc3)c3ccc(-c4nc(-c5cccc6sc7cc8ccccc8cc7c56)c5ccccc5n4)cc3)cc2)cc1. The first-order valence-corrected chi connectivity index (χ1v) is 20.4. The molecule has 2 heterocycles. The Bertz CT molecular complexity index is 3160. The molecule has 0 atom stereocenters. The Morgan fingerprint density at radius 1 is 0.362 bits per heavy atom. The van der Waals surface area contributed by atoms with Crippen molar-refractivity contribution >= 4 is 70.2 Å². The Morgan fingerprint density at radius 3 is 1.50 bits per heavy atom. The molecule has 11 aromatic rings. The third-order valence-electron chi connectivity index (χ3n) is 11.1. The summed E-state index contributed by atoms with van der Waals surface area (Å²) in [5.41, 5.74) is 11.9. The lowest BCUT2D eigenvalue weighted by Crippen LogP contribution is -2.10. The zero-order chi connectivity index (χ0) is 38.4. The third-order valence-corrected chi connectivity index (χ3v) is 12.2. The van der Waals surface area contributed by atoms with Gasteiger partial charge in [0.2, 0.25) is 0 Å². The van der Waals surface area contributed by atoms with Crippen LogP contribution in [0.2, 0.25) is 0 Å². The number of hydrogen-bond donors (Lipinski definition) is 0. The van der Waals surface area contributed by atoms with E-state index in [2.05, 4.69) is 217 Å². The molecule has 4 heteroatoms. The van der Waals surface area contributed by atoms with E-state index in [4.69, 9.17) is 9.97 Å². The lowest BCUT2D eigenvalue weighted by Gasteiger charge is -2.26. The zero-order valence-corrected chi connectivity index (χ0v) is 32.3. The number of para-hydroxylation sites is 1. The molecule has 3 nitrogen and oxygen atoms in total. The summed E-state index contributed by atoms with van der Waals surface area (Å²) in [6, 6.07) is 75.6. The Labute approximate surface area is 340 Å². The lowest BCUT2D eigenvalue weighted by molar-refractivity contribution is 1.23. The molecule has 272 valence electrons. The van der Waals surface area contributed by atoms with Gasteiger partial charge in [0.1, 0.15) is 0 Å². The first-order chi connectivity index (χ1) is 28.7. The van der Waals surface area contributed by atoms with Crippen LogP contribution >= 0.6 is 11.3 Å². The molecule has 0 fully saturated rings. The van der Waals surface area contributed by atoms with Crippen molar-refractivity contribution in [1.29, 1.82) is 0 Å². The maximum Gasteiger partial charge on any atom is 0.160 e. The van der Waals surface area contributed by atoms with Gasteiger partial charge in [-0.1, -0.05) is 140 Å². The van der Waals surface area contributed by atoms with Crippen LogP contribution in [0.25, 0.3) is 86.7 Å². The van der Waals surface area contributed by atoms with Crippen molar-refractivity contribution in [3.05, 3.63) is 212 Å². The van der Waals surface area contributed by atoms with Crippen LogP contribution in [0.4, 0.5) is 17.1 Å². The Hall–Kier alpha value is -7.40. The third kappa shape index (κ3) is 6.08.